The Kier molecular flexibility index (Phi) is 4.34. The van der Waals surface area contributed by atoms with Crippen LogP contribution in [0.2, 0.25) is 0 Å². The fraction of sp³-hybridized carbons (Fsp3) is 0.433. The Morgan fingerprint density at radius 1 is 0.912 bits per heavy atom. The summed E-state index contributed by atoms with van der Waals surface area (Å²) in [4.78, 5) is 10.2. The number of fused-ring (bicyclic) bond motifs is 7. The van der Waals surface area contributed by atoms with Gasteiger partial charge in [-0.05, 0) is 42.5 Å². The first-order valence-corrected chi connectivity index (χ1v) is 13.1. The summed E-state index contributed by atoms with van der Waals surface area (Å²) in [5.41, 5.74) is 3.89. The highest BCUT2D eigenvalue weighted by Crippen LogP contribution is 2.64. The molecule has 4 unspecified atom stereocenters. The SMILES string of the molecule is CC12C=CC1(C)C1N(c3ccccc3)C3=C(NC(CCC4CCCC4)C=N3)N1c1ccccc12. The fourth-order valence-electron chi connectivity index (χ4n) is 7.16. The average Bonchev–Trinajstić information content (AvgIpc) is 3.51. The van der Waals surface area contributed by atoms with E-state index in [0.29, 0.717) is 6.04 Å². The highest BCUT2D eigenvalue weighted by atomic mass is 15.5. The third-order valence-corrected chi connectivity index (χ3v) is 9.41. The zero-order valence-electron chi connectivity index (χ0n) is 20.2. The smallest absolute Gasteiger partial charge is 0.176 e. The summed E-state index contributed by atoms with van der Waals surface area (Å²) in [5.74, 6) is 3.12. The van der Waals surface area contributed by atoms with Gasteiger partial charge in [0.05, 0.1) is 6.04 Å². The first-order valence-electron chi connectivity index (χ1n) is 13.1. The van der Waals surface area contributed by atoms with E-state index in [4.69, 9.17) is 4.99 Å². The van der Waals surface area contributed by atoms with Crippen LogP contribution in [-0.2, 0) is 5.41 Å². The maximum Gasteiger partial charge on any atom is 0.176 e. The molecule has 0 radical (unpaired) electrons. The van der Waals surface area contributed by atoms with Crippen molar-refractivity contribution in [3.05, 3.63) is 84.0 Å². The molecule has 1 fully saturated rings. The number of aliphatic imine (C=N–C) groups is 1. The second-order valence-corrected chi connectivity index (χ2v) is 11.2. The van der Waals surface area contributed by atoms with Crippen molar-refractivity contribution in [1.82, 2.24) is 5.32 Å². The molecule has 174 valence electrons. The van der Waals surface area contributed by atoms with Gasteiger partial charge in [-0.2, -0.15) is 0 Å². The van der Waals surface area contributed by atoms with Gasteiger partial charge in [0.2, 0.25) is 0 Å². The third-order valence-electron chi connectivity index (χ3n) is 9.41. The summed E-state index contributed by atoms with van der Waals surface area (Å²) in [7, 11) is 0. The minimum absolute atomic E-state index is 0.00199. The summed E-state index contributed by atoms with van der Waals surface area (Å²) in [5, 5.41) is 3.96. The molecule has 1 N–H and O–H groups in total. The molecular formula is C30H34N4. The highest BCUT2D eigenvalue weighted by molar-refractivity contribution is 5.80. The summed E-state index contributed by atoms with van der Waals surface area (Å²) in [6, 6.07) is 20.1. The molecule has 3 aliphatic heterocycles. The largest absolute Gasteiger partial charge is 0.361 e. The molecule has 0 bridgehead atoms. The molecule has 4 atom stereocenters. The second kappa shape index (κ2) is 7.24. The second-order valence-electron chi connectivity index (χ2n) is 11.2. The van der Waals surface area contributed by atoms with E-state index in [9.17, 15) is 0 Å². The summed E-state index contributed by atoms with van der Waals surface area (Å²) < 4.78 is 0. The van der Waals surface area contributed by atoms with Crippen LogP contribution in [0.5, 0.6) is 0 Å². The molecule has 3 heterocycles. The lowest BCUT2D eigenvalue weighted by Gasteiger charge is -2.61. The van der Waals surface area contributed by atoms with Crippen LogP contribution in [0.15, 0.2) is 83.4 Å². The van der Waals surface area contributed by atoms with Crippen LogP contribution in [0.3, 0.4) is 0 Å². The molecule has 0 spiro atoms. The Labute approximate surface area is 203 Å². The minimum atomic E-state index is -0.0366. The molecule has 4 heteroatoms. The van der Waals surface area contributed by atoms with Crippen LogP contribution in [-0.4, -0.2) is 18.4 Å². The number of hydrogen-bond acceptors (Lipinski definition) is 4. The predicted octanol–water partition coefficient (Wildman–Crippen LogP) is 6.33. The number of rotatable bonds is 4. The van der Waals surface area contributed by atoms with Gasteiger partial charge < -0.3 is 15.1 Å². The molecule has 0 amide bonds. The van der Waals surface area contributed by atoms with Crippen LogP contribution in [0, 0.1) is 11.3 Å². The summed E-state index contributed by atoms with van der Waals surface area (Å²) >= 11 is 0. The number of benzene rings is 2. The van der Waals surface area contributed by atoms with Gasteiger partial charge in [0.25, 0.3) is 0 Å². The molecule has 5 aliphatic rings. The van der Waals surface area contributed by atoms with E-state index in [2.05, 4.69) is 102 Å². The minimum Gasteiger partial charge on any atom is -0.361 e. The van der Waals surface area contributed by atoms with Crippen molar-refractivity contribution in [3.63, 3.8) is 0 Å². The summed E-state index contributed by atoms with van der Waals surface area (Å²) in [6.45, 7) is 4.83. The normalized spacial score (nSPS) is 33.2. The van der Waals surface area contributed by atoms with Crippen LogP contribution in [0.1, 0.15) is 57.9 Å². The van der Waals surface area contributed by atoms with Crippen molar-refractivity contribution in [2.75, 3.05) is 9.80 Å². The van der Waals surface area contributed by atoms with Gasteiger partial charge in [-0.3, -0.25) is 0 Å². The van der Waals surface area contributed by atoms with E-state index in [1.807, 2.05) is 0 Å². The van der Waals surface area contributed by atoms with Gasteiger partial charge >= 0.3 is 0 Å². The Morgan fingerprint density at radius 2 is 1.68 bits per heavy atom. The molecule has 2 aliphatic carbocycles. The first-order chi connectivity index (χ1) is 16.6. The van der Waals surface area contributed by atoms with E-state index >= 15 is 0 Å². The lowest BCUT2D eigenvalue weighted by molar-refractivity contribution is 0.170. The third kappa shape index (κ3) is 2.63. The molecular weight excluding hydrogens is 416 g/mol. The van der Waals surface area contributed by atoms with Crippen LogP contribution < -0.4 is 15.1 Å². The lowest BCUT2D eigenvalue weighted by Crippen LogP contribution is -2.65. The zero-order valence-corrected chi connectivity index (χ0v) is 20.2. The zero-order chi connectivity index (χ0) is 22.9. The molecule has 1 saturated carbocycles. The van der Waals surface area contributed by atoms with Crippen molar-refractivity contribution >= 4 is 17.6 Å². The van der Waals surface area contributed by atoms with Crippen molar-refractivity contribution in [2.24, 2.45) is 16.3 Å². The molecule has 34 heavy (non-hydrogen) atoms. The van der Waals surface area contributed by atoms with Crippen molar-refractivity contribution in [3.8, 4) is 0 Å². The van der Waals surface area contributed by atoms with Crippen LogP contribution in [0.4, 0.5) is 11.4 Å². The summed E-state index contributed by atoms with van der Waals surface area (Å²) in [6.07, 6.45) is 15.2. The fourth-order valence-corrected chi connectivity index (χ4v) is 7.16. The van der Waals surface area contributed by atoms with E-state index in [1.54, 1.807) is 0 Å². The standard InChI is InChI=1S/C30H34N4/c1-29-18-19-30(29,2)28-33(23-12-4-3-5-13-23)26-27(34(28)25-15-9-8-14-24(25)29)32-22(20-31-26)17-16-21-10-6-7-11-21/h3-5,8-9,12-15,18-22,28,32H,6-7,10-11,16-17H2,1-2H3. The molecule has 0 aromatic heterocycles. The number of anilines is 2. The molecule has 4 nitrogen and oxygen atoms in total. The van der Waals surface area contributed by atoms with E-state index in [-0.39, 0.29) is 17.0 Å². The Balaban J connectivity index is 1.32. The Bertz CT molecular complexity index is 1210. The monoisotopic (exact) mass is 450 g/mol. The Hall–Kier alpha value is -3.01. The lowest BCUT2D eigenvalue weighted by atomic mass is 9.50. The highest BCUT2D eigenvalue weighted by Gasteiger charge is 2.64. The molecule has 7 rings (SSSR count). The molecule has 0 saturated heterocycles. The topological polar surface area (TPSA) is 30.9 Å². The van der Waals surface area contributed by atoms with Crippen molar-refractivity contribution in [2.45, 2.75) is 70.0 Å². The number of nitrogens with zero attached hydrogens (tertiary/aromatic N) is 3. The quantitative estimate of drug-likeness (QED) is 0.553. The van der Waals surface area contributed by atoms with Crippen molar-refractivity contribution in [1.29, 1.82) is 0 Å². The van der Waals surface area contributed by atoms with Crippen LogP contribution >= 0.6 is 0 Å². The van der Waals surface area contributed by atoms with Gasteiger partial charge in [-0.1, -0.05) is 88.1 Å². The number of para-hydroxylation sites is 2. The number of hydrogen-bond donors (Lipinski definition) is 1. The van der Waals surface area contributed by atoms with Crippen LogP contribution in [0.25, 0.3) is 0 Å². The average molecular weight is 451 g/mol. The van der Waals surface area contributed by atoms with E-state index in [1.165, 1.54) is 54.9 Å². The predicted molar refractivity (Wildman–Crippen MR) is 140 cm³/mol. The number of allylic oxidation sites excluding steroid dienone is 1. The number of nitrogens with one attached hydrogen (secondary N) is 1. The van der Waals surface area contributed by atoms with Gasteiger partial charge in [0.1, 0.15) is 6.17 Å². The van der Waals surface area contributed by atoms with Crippen molar-refractivity contribution < 1.29 is 0 Å². The van der Waals surface area contributed by atoms with Gasteiger partial charge in [0, 0.05) is 28.4 Å². The maximum absolute atomic E-state index is 5.16. The van der Waals surface area contributed by atoms with E-state index < -0.39 is 0 Å². The van der Waals surface area contributed by atoms with Gasteiger partial charge in [0.15, 0.2) is 11.6 Å². The Morgan fingerprint density at radius 3 is 2.44 bits per heavy atom. The van der Waals surface area contributed by atoms with Gasteiger partial charge in [-0.15, -0.1) is 0 Å². The first kappa shape index (κ1) is 20.4. The van der Waals surface area contributed by atoms with Gasteiger partial charge in [-0.25, -0.2) is 4.99 Å². The maximum atomic E-state index is 5.16. The molecule has 2 aromatic rings. The molecule has 2 aromatic carbocycles. The van der Waals surface area contributed by atoms with E-state index in [0.717, 1.165) is 18.2 Å².